The predicted octanol–water partition coefficient (Wildman–Crippen LogP) is 4.05. The van der Waals surface area contributed by atoms with Crippen LogP contribution in [0.4, 0.5) is 0 Å². The first-order valence-electron chi connectivity index (χ1n) is 14.1. The fraction of sp³-hybridized carbons (Fsp3) is 0.452. The summed E-state index contributed by atoms with van der Waals surface area (Å²) in [6.07, 6.45) is -4.72. The number of fused-ring (bicyclic) bond motifs is 1. The van der Waals surface area contributed by atoms with E-state index in [1.54, 1.807) is 0 Å². The molecule has 0 saturated carbocycles. The third-order valence-corrected chi connectivity index (χ3v) is 7.56. The summed E-state index contributed by atoms with van der Waals surface area (Å²) >= 11 is 1.14. The predicted molar refractivity (Wildman–Crippen MR) is 159 cm³/mol. The Kier molecular flexibility index (Phi) is 10.9. The van der Waals surface area contributed by atoms with Crippen molar-refractivity contribution in [3.63, 3.8) is 0 Å². The quantitative estimate of drug-likeness (QED) is 0.223. The topological polar surface area (TPSA) is 141 Å². The number of nitrogens with zero attached hydrogens (tertiary/aromatic N) is 2. The molecule has 0 radical (unpaired) electrons. The number of carbonyl (C=O) groups excluding carboxylic acids is 4. The van der Waals surface area contributed by atoms with Crippen LogP contribution in [0.25, 0.3) is 11.0 Å². The molecule has 44 heavy (non-hydrogen) atoms. The lowest BCUT2D eigenvalue weighted by molar-refractivity contribution is -0.237. The van der Waals surface area contributed by atoms with Gasteiger partial charge in [0.1, 0.15) is 18.5 Å². The van der Waals surface area contributed by atoms with Gasteiger partial charge in [-0.1, -0.05) is 36.0 Å². The minimum absolute atomic E-state index is 0.0445. The molecule has 0 amide bonds. The van der Waals surface area contributed by atoms with Crippen LogP contribution in [0.2, 0.25) is 0 Å². The molecule has 1 fully saturated rings. The van der Waals surface area contributed by atoms with Crippen molar-refractivity contribution in [2.24, 2.45) is 0 Å². The first kappa shape index (κ1) is 32.8. The lowest BCUT2D eigenvalue weighted by Gasteiger charge is -2.44. The molecular formula is C31H36N2O10S. The van der Waals surface area contributed by atoms with E-state index in [2.05, 4.69) is 0 Å². The second-order valence-electron chi connectivity index (χ2n) is 10.5. The van der Waals surface area contributed by atoms with Crippen LogP contribution in [0, 0.1) is 0 Å². The zero-order valence-corrected chi connectivity index (χ0v) is 26.2. The largest absolute Gasteiger partial charge is 0.491 e. The highest BCUT2D eigenvalue weighted by Crippen LogP contribution is 2.38. The normalized spacial score (nSPS) is 21.5. The van der Waals surface area contributed by atoms with Crippen LogP contribution in [0.3, 0.4) is 0 Å². The standard InChI is InChI=1S/C31H36N2O10S/c1-17(2)39-23-13-11-22(12-14-23)15-33-25-10-8-7-9-24(25)32-31(33)44-30-29(42-21(6)37)28(41-20(5)36)27(40-19(4)35)26(43-30)16-38-18(3)34/h7-14,17,26-30H,15-16H2,1-6H3. The molecule has 1 aromatic heterocycles. The van der Waals surface area contributed by atoms with E-state index in [-0.39, 0.29) is 12.7 Å². The number of hydrogen-bond donors (Lipinski definition) is 0. The Morgan fingerprint density at radius 1 is 0.841 bits per heavy atom. The van der Waals surface area contributed by atoms with E-state index in [0.29, 0.717) is 11.7 Å². The highest BCUT2D eigenvalue weighted by atomic mass is 32.2. The van der Waals surface area contributed by atoms with Gasteiger partial charge in [0.05, 0.1) is 23.7 Å². The number of aromatic nitrogens is 2. The van der Waals surface area contributed by atoms with Gasteiger partial charge in [0.2, 0.25) is 0 Å². The van der Waals surface area contributed by atoms with Crippen LogP contribution in [0.1, 0.15) is 47.1 Å². The zero-order valence-electron chi connectivity index (χ0n) is 25.4. The van der Waals surface area contributed by atoms with E-state index in [4.69, 9.17) is 33.4 Å². The Morgan fingerprint density at radius 2 is 1.45 bits per heavy atom. The van der Waals surface area contributed by atoms with Gasteiger partial charge in [0.15, 0.2) is 28.9 Å². The van der Waals surface area contributed by atoms with Crippen LogP contribution in [-0.2, 0) is 49.4 Å². The molecule has 5 atom stereocenters. The molecule has 2 aromatic carbocycles. The summed E-state index contributed by atoms with van der Waals surface area (Å²) in [6.45, 7) is 8.85. The zero-order chi connectivity index (χ0) is 32.0. The van der Waals surface area contributed by atoms with Crippen molar-refractivity contribution < 1.29 is 47.6 Å². The average Bonchev–Trinajstić information content (AvgIpc) is 3.27. The van der Waals surface area contributed by atoms with Crippen molar-refractivity contribution >= 4 is 46.7 Å². The second-order valence-corrected chi connectivity index (χ2v) is 11.5. The summed E-state index contributed by atoms with van der Waals surface area (Å²) in [5.74, 6) is -1.89. The Morgan fingerprint density at radius 3 is 2.07 bits per heavy atom. The summed E-state index contributed by atoms with van der Waals surface area (Å²) < 4.78 is 36.0. The van der Waals surface area contributed by atoms with E-state index >= 15 is 0 Å². The number of para-hydroxylation sites is 2. The molecule has 13 heteroatoms. The van der Waals surface area contributed by atoms with Gasteiger partial charge >= 0.3 is 23.9 Å². The lowest BCUT2D eigenvalue weighted by atomic mass is 9.99. The van der Waals surface area contributed by atoms with Crippen LogP contribution in [-0.4, -0.2) is 76.0 Å². The molecular weight excluding hydrogens is 592 g/mol. The maximum atomic E-state index is 12.3. The second kappa shape index (κ2) is 14.6. The van der Waals surface area contributed by atoms with Crippen molar-refractivity contribution in [3.8, 4) is 5.75 Å². The first-order valence-corrected chi connectivity index (χ1v) is 15.0. The fourth-order valence-corrected chi connectivity index (χ4v) is 6.00. The van der Waals surface area contributed by atoms with Crippen molar-refractivity contribution in [2.45, 2.75) is 89.2 Å². The van der Waals surface area contributed by atoms with Gasteiger partial charge in [0.25, 0.3) is 0 Å². The summed E-state index contributed by atoms with van der Waals surface area (Å²) in [5.41, 5.74) is 1.55. The minimum atomic E-state index is -1.27. The van der Waals surface area contributed by atoms with Crippen LogP contribution < -0.4 is 4.74 Å². The lowest BCUT2D eigenvalue weighted by Crippen LogP contribution is -2.61. The van der Waals surface area contributed by atoms with Gasteiger partial charge in [-0.15, -0.1) is 0 Å². The van der Waals surface area contributed by atoms with E-state index < -0.39 is 53.7 Å². The summed E-state index contributed by atoms with van der Waals surface area (Å²) in [4.78, 5) is 53.1. The monoisotopic (exact) mass is 628 g/mol. The number of ether oxygens (including phenoxy) is 6. The van der Waals surface area contributed by atoms with Gasteiger partial charge in [-0.3, -0.25) is 19.2 Å². The smallest absolute Gasteiger partial charge is 0.303 e. The van der Waals surface area contributed by atoms with Gasteiger partial charge in [-0.2, -0.15) is 0 Å². The summed E-state index contributed by atoms with van der Waals surface area (Å²) in [7, 11) is 0. The number of rotatable bonds is 11. The molecule has 0 spiro atoms. The van der Waals surface area contributed by atoms with E-state index in [9.17, 15) is 19.2 Å². The van der Waals surface area contributed by atoms with Gasteiger partial charge in [0, 0.05) is 27.7 Å². The van der Waals surface area contributed by atoms with Crippen molar-refractivity contribution in [1.29, 1.82) is 0 Å². The van der Waals surface area contributed by atoms with Crippen LogP contribution in [0.5, 0.6) is 5.75 Å². The maximum absolute atomic E-state index is 12.3. The molecule has 1 aliphatic rings. The Labute approximate surface area is 259 Å². The highest BCUT2D eigenvalue weighted by Gasteiger charge is 2.52. The van der Waals surface area contributed by atoms with Crippen molar-refractivity contribution in [3.05, 3.63) is 54.1 Å². The van der Waals surface area contributed by atoms with Crippen LogP contribution >= 0.6 is 11.8 Å². The number of hydrogen-bond acceptors (Lipinski definition) is 12. The number of esters is 4. The molecule has 5 unspecified atom stereocenters. The van der Waals surface area contributed by atoms with E-state index in [1.807, 2.05) is 66.9 Å². The van der Waals surface area contributed by atoms with Crippen LogP contribution in [0.15, 0.2) is 53.7 Å². The fourth-order valence-electron chi connectivity index (χ4n) is 4.81. The number of imidazole rings is 1. The summed E-state index contributed by atoms with van der Waals surface area (Å²) in [6, 6.07) is 15.3. The molecule has 3 aromatic rings. The van der Waals surface area contributed by atoms with E-state index in [1.165, 1.54) is 27.7 Å². The molecule has 1 saturated heterocycles. The van der Waals surface area contributed by atoms with Gasteiger partial charge in [-0.25, -0.2) is 4.98 Å². The van der Waals surface area contributed by atoms with Gasteiger partial charge < -0.3 is 33.0 Å². The molecule has 236 valence electrons. The average molecular weight is 629 g/mol. The molecule has 1 aliphatic heterocycles. The molecule has 0 N–H and O–H groups in total. The highest BCUT2D eigenvalue weighted by molar-refractivity contribution is 7.99. The maximum Gasteiger partial charge on any atom is 0.303 e. The van der Waals surface area contributed by atoms with Crippen molar-refractivity contribution in [2.75, 3.05) is 6.61 Å². The molecule has 2 heterocycles. The number of carbonyl (C=O) groups is 4. The molecule has 0 bridgehead atoms. The van der Waals surface area contributed by atoms with E-state index in [0.717, 1.165) is 34.1 Å². The molecule has 12 nitrogen and oxygen atoms in total. The number of thioether (sulfide) groups is 1. The third kappa shape index (κ3) is 8.50. The SMILES string of the molecule is CC(=O)OCC1OC(Sc2nc3ccccc3n2Cc2ccc(OC(C)C)cc2)C(OC(C)=O)C(OC(C)=O)C1OC(C)=O. The Balaban J connectivity index is 1.74. The van der Waals surface area contributed by atoms with Gasteiger partial charge in [-0.05, 0) is 43.7 Å². The third-order valence-electron chi connectivity index (χ3n) is 6.43. The van der Waals surface area contributed by atoms with Crippen molar-refractivity contribution in [1.82, 2.24) is 9.55 Å². The summed E-state index contributed by atoms with van der Waals surface area (Å²) in [5, 5.41) is 0.523. The molecule has 4 rings (SSSR count). The number of benzene rings is 2. The first-order chi connectivity index (χ1) is 20.9. The minimum Gasteiger partial charge on any atom is -0.491 e. The Hall–Kier alpha value is -4.10. The Bertz CT molecular complexity index is 1490. The molecule has 0 aliphatic carbocycles.